The summed E-state index contributed by atoms with van der Waals surface area (Å²) in [5.41, 5.74) is 0. The van der Waals surface area contributed by atoms with Gasteiger partial charge in [-0.2, -0.15) is 0 Å². The zero-order chi connectivity index (χ0) is 12.0. The molecule has 96 valence electrons. The third-order valence-electron chi connectivity index (χ3n) is 4.09. The molecule has 2 heteroatoms. The van der Waals surface area contributed by atoms with Crippen LogP contribution in [0.2, 0.25) is 0 Å². The molecule has 0 bridgehead atoms. The Balaban J connectivity index is 2.57. The maximum Gasteiger partial charge on any atom is 0.0834 e. The first kappa shape index (κ1) is 14.0. The van der Waals surface area contributed by atoms with Gasteiger partial charge < -0.3 is 9.84 Å². The van der Waals surface area contributed by atoms with E-state index in [9.17, 15) is 5.11 Å². The van der Waals surface area contributed by atoms with Crippen LogP contribution in [0, 0.1) is 11.8 Å². The van der Waals surface area contributed by atoms with Gasteiger partial charge in [-0.3, -0.25) is 0 Å². The van der Waals surface area contributed by atoms with Crippen molar-refractivity contribution in [3.05, 3.63) is 0 Å². The van der Waals surface area contributed by atoms with Crippen molar-refractivity contribution in [2.45, 2.75) is 71.5 Å². The molecule has 4 unspecified atom stereocenters. The van der Waals surface area contributed by atoms with Gasteiger partial charge in [0, 0.05) is 6.61 Å². The minimum atomic E-state index is -0.254. The van der Waals surface area contributed by atoms with E-state index in [4.69, 9.17) is 4.74 Å². The summed E-state index contributed by atoms with van der Waals surface area (Å²) in [6, 6.07) is 0. The third-order valence-corrected chi connectivity index (χ3v) is 4.09. The molecule has 1 N–H and O–H groups in total. The zero-order valence-electron chi connectivity index (χ0n) is 11.1. The molecule has 1 rings (SSSR count). The summed E-state index contributed by atoms with van der Waals surface area (Å²) < 4.78 is 5.65. The molecule has 0 aliphatic heterocycles. The largest absolute Gasteiger partial charge is 0.390 e. The van der Waals surface area contributed by atoms with Gasteiger partial charge in [-0.05, 0) is 31.6 Å². The smallest absolute Gasteiger partial charge is 0.0834 e. The summed E-state index contributed by atoms with van der Waals surface area (Å²) in [6.45, 7) is 7.07. The van der Waals surface area contributed by atoms with Crippen molar-refractivity contribution < 1.29 is 9.84 Å². The van der Waals surface area contributed by atoms with E-state index in [2.05, 4.69) is 13.8 Å². The molecule has 1 fully saturated rings. The Morgan fingerprint density at radius 1 is 1.19 bits per heavy atom. The van der Waals surface area contributed by atoms with Crippen LogP contribution in [0.3, 0.4) is 0 Å². The van der Waals surface area contributed by atoms with E-state index in [1.165, 1.54) is 32.1 Å². The molecule has 2 nitrogen and oxygen atoms in total. The highest BCUT2D eigenvalue weighted by Crippen LogP contribution is 2.36. The number of aliphatic hydroxyl groups is 1. The van der Waals surface area contributed by atoms with Crippen LogP contribution < -0.4 is 0 Å². The summed E-state index contributed by atoms with van der Waals surface area (Å²) in [5.74, 6) is 1.17. The Kier molecular flexibility index (Phi) is 6.37. The Morgan fingerprint density at radius 2 is 1.88 bits per heavy atom. The highest BCUT2D eigenvalue weighted by Gasteiger charge is 2.33. The van der Waals surface area contributed by atoms with Crippen molar-refractivity contribution in [1.29, 1.82) is 0 Å². The van der Waals surface area contributed by atoms with Gasteiger partial charge in [0.25, 0.3) is 0 Å². The number of rotatable bonds is 6. The maximum atomic E-state index is 10.4. The van der Waals surface area contributed by atoms with Gasteiger partial charge in [-0.1, -0.05) is 39.5 Å². The fourth-order valence-electron chi connectivity index (χ4n) is 3.14. The predicted octanol–water partition coefficient (Wildman–Crippen LogP) is 3.38. The molecule has 1 aliphatic rings. The van der Waals surface area contributed by atoms with Crippen molar-refractivity contribution in [3.63, 3.8) is 0 Å². The molecule has 0 aromatic rings. The predicted molar refractivity (Wildman–Crippen MR) is 67.5 cm³/mol. The van der Waals surface area contributed by atoms with Crippen LogP contribution in [-0.2, 0) is 4.74 Å². The molecule has 4 atom stereocenters. The minimum absolute atomic E-state index is 0.0437. The van der Waals surface area contributed by atoms with Gasteiger partial charge in [0.2, 0.25) is 0 Å². The van der Waals surface area contributed by atoms with E-state index in [1.54, 1.807) is 0 Å². The van der Waals surface area contributed by atoms with Crippen LogP contribution in [0.15, 0.2) is 0 Å². The lowest BCUT2D eigenvalue weighted by Gasteiger charge is -2.37. The summed E-state index contributed by atoms with van der Waals surface area (Å²) in [7, 11) is 0. The van der Waals surface area contributed by atoms with Crippen molar-refractivity contribution >= 4 is 0 Å². The average molecular weight is 228 g/mol. The standard InChI is InChI=1S/C14H28O2/c1-4-11-9-7-8-10-12(11)14(15)13(5-2)16-6-3/h11-15H,4-10H2,1-3H3. The Bertz CT molecular complexity index is 182. The van der Waals surface area contributed by atoms with Crippen molar-refractivity contribution in [2.75, 3.05) is 6.61 Å². The third kappa shape index (κ3) is 3.46. The average Bonchev–Trinajstić information content (AvgIpc) is 2.35. The van der Waals surface area contributed by atoms with Crippen molar-refractivity contribution in [1.82, 2.24) is 0 Å². The molecule has 0 radical (unpaired) electrons. The molecule has 0 aromatic heterocycles. The van der Waals surface area contributed by atoms with Gasteiger partial charge in [-0.15, -0.1) is 0 Å². The Morgan fingerprint density at radius 3 is 2.44 bits per heavy atom. The van der Waals surface area contributed by atoms with E-state index >= 15 is 0 Å². The van der Waals surface area contributed by atoms with Gasteiger partial charge in [-0.25, -0.2) is 0 Å². The summed E-state index contributed by atoms with van der Waals surface area (Å²) in [5, 5.41) is 10.4. The van der Waals surface area contributed by atoms with Crippen LogP contribution in [0.1, 0.15) is 59.3 Å². The highest BCUT2D eigenvalue weighted by molar-refractivity contribution is 4.84. The molecule has 1 saturated carbocycles. The second-order valence-electron chi connectivity index (χ2n) is 5.01. The summed E-state index contributed by atoms with van der Waals surface area (Å²) in [6.07, 6.45) is 7.00. The lowest BCUT2D eigenvalue weighted by atomic mass is 9.73. The maximum absolute atomic E-state index is 10.4. The minimum Gasteiger partial charge on any atom is -0.390 e. The molecule has 0 aromatic carbocycles. The molecular weight excluding hydrogens is 200 g/mol. The van der Waals surface area contributed by atoms with Crippen molar-refractivity contribution in [2.24, 2.45) is 11.8 Å². The molecule has 0 amide bonds. The normalized spacial score (nSPS) is 30.0. The molecular formula is C14H28O2. The first-order chi connectivity index (χ1) is 7.74. The summed E-state index contributed by atoms with van der Waals surface area (Å²) in [4.78, 5) is 0. The SMILES string of the molecule is CCOC(CC)C(O)C1CCCCC1CC. The second-order valence-corrected chi connectivity index (χ2v) is 5.01. The first-order valence-electron chi connectivity index (χ1n) is 7.04. The van der Waals surface area contributed by atoms with Gasteiger partial charge in [0.05, 0.1) is 12.2 Å². The lowest BCUT2D eigenvalue weighted by molar-refractivity contribution is -0.0790. The van der Waals surface area contributed by atoms with Gasteiger partial charge in [0.1, 0.15) is 0 Å². The Labute approximate surface area is 100 Å². The van der Waals surface area contributed by atoms with Gasteiger partial charge in [0.15, 0.2) is 0 Å². The molecule has 0 saturated heterocycles. The number of hydrogen-bond donors (Lipinski definition) is 1. The molecule has 0 spiro atoms. The van der Waals surface area contributed by atoms with Crippen LogP contribution >= 0.6 is 0 Å². The topological polar surface area (TPSA) is 29.5 Å². The molecule has 0 heterocycles. The monoisotopic (exact) mass is 228 g/mol. The fraction of sp³-hybridized carbons (Fsp3) is 1.00. The number of ether oxygens (including phenoxy) is 1. The zero-order valence-corrected chi connectivity index (χ0v) is 11.1. The van der Waals surface area contributed by atoms with Crippen LogP contribution in [0.5, 0.6) is 0 Å². The van der Waals surface area contributed by atoms with Gasteiger partial charge >= 0.3 is 0 Å². The quantitative estimate of drug-likeness (QED) is 0.755. The first-order valence-corrected chi connectivity index (χ1v) is 7.04. The highest BCUT2D eigenvalue weighted by atomic mass is 16.5. The fourth-order valence-corrected chi connectivity index (χ4v) is 3.14. The van der Waals surface area contributed by atoms with E-state index in [1.807, 2.05) is 6.92 Å². The van der Waals surface area contributed by atoms with Crippen LogP contribution in [-0.4, -0.2) is 23.9 Å². The Hall–Kier alpha value is -0.0800. The van der Waals surface area contributed by atoms with E-state index in [0.29, 0.717) is 18.4 Å². The second kappa shape index (κ2) is 7.29. The van der Waals surface area contributed by atoms with E-state index < -0.39 is 0 Å². The molecule has 1 aliphatic carbocycles. The number of hydrogen-bond acceptors (Lipinski definition) is 2. The van der Waals surface area contributed by atoms with Crippen LogP contribution in [0.4, 0.5) is 0 Å². The van der Waals surface area contributed by atoms with Crippen LogP contribution in [0.25, 0.3) is 0 Å². The lowest BCUT2D eigenvalue weighted by Crippen LogP contribution is -2.40. The number of aliphatic hydroxyl groups excluding tert-OH is 1. The molecule has 16 heavy (non-hydrogen) atoms. The van der Waals surface area contributed by atoms with Crippen molar-refractivity contribution in [3.8, 4) is 0 Å². The summed E-state index contributed by atoms with van der Waals surface area (Å²) >= 11 is 0. The van der Waals surface area contributed by atoms with E-state index in [0.717, 1.165) is 6.42 Å². The van der Waals surface area contributed by atoms with E-state index in [-0.39, 0.29) is 12.2 Å².